The fourth-order valence-electron chi connectivity index (χ4n) is 5.93. The van der Waals surface area contributed by atoms with E-state index >= 15 is 0 Å². The highest BCUT2D eigenvalue weighted by atomic mass is 35.5. The molecule has 1 fully saturated rings. The smallest absolute Gasteiger partial charge is 0.239 e. The second kappa shape index (κ2) is 15.3. The van der Waals surface area contributed by atoms with Gasteiger partial charge < -0.3 is 20.3 Å². The molecule has 1 saturated heterocycles. The fraction of sp³-hybridized carbons (Fsp3) is 0.211. The number of carbonyl (C=O) groups excluding carboxylic acids is 1. The van der Waals surface area contributed by atoms with Crippen molar-refractivity contribution in [2.75, 3.05) is 47.7 Å². The minimum Gasteiger partial charge on any atom is -0.379 e. The number of imidazole rings is 1. The molecule has 0 spiro atoms. The Bertz CT molecular complexity index is 1960. The molecule has 0 unspecified atom stereocenters. The first kappa shape index (κ1) is 32.3. The molecule has 4 aromatic carbocycles. The van der Waals surface area contributed by atoms with Crippen molar-refractivity contribution in [2.45, 2.75) is 19.6 Å². The Hall–Kier alpha value is -5.29. The number of nitrogens with zero attached hydrogens (tertiary/aromatic N) is 6. The highest BCUT2D eigenvalue weighted by Gasteiger charge is 2.21. The average Bonchev–Trinajstić information content (AvgIpc) is 3.57. The van der Waals surface area contributed by atoms with Crippen molar-refractivity contribution < 1.29 is 9.53 Å². The summed E-state index contributed by atoms with van der Waals surface area (Å²) in [4.78, 5) is 31.7. The second-order valence-corrected chi connectivity index (χ2v) is 12.2. The molecule has 10 nitrogen and oxygen atoms in total. The molecule has 1 aliphatic rings. The van der Waals surface area contributed by atoms with Gasteiger partial charge in [-0.1, -0.05) is 78.9 Å². The second-order valence-electron chi connectivity index (χ2n) is 11.9. The van der Waals surface area contributed by atoms with Crippen LogP contribution >= 0.6 is 11.6 Å². The Morgan fingerprint density at radius 1 is 0.796 bits per heavy atom. The molecule has 6 aromatic rings. The molecule has 0 bridgehead atoms. The van der Waals surface area contributed by atoms with Crippen molar-refractivity contribution in [3.8, 4) is 5.69 Å². The molecule has 7 rings (SSSR count). The summed E-state index contributed by atoms with van der Waals surface area (Å²) in [6.07, 6.45) is 1.75. The number of rotatable bonds is 12. The Balaban J connectivity index is 1.28. The van der Waals surface area contributed by atoms with E-state index in [2.05, 4.69) is 69.0 Å². The normalized spacial score (nSPS) is 13.3. The number of alkyl halides is 1. The maximum absolute atomic E-state index is 12.0. The quantitative estimate of drug-likeness (QED) is 0.137. The first-order valence-electron chi connectivity index (χ1n) is 16.3. The van der Waals surface area contributed by atoms with Crippen LogP contribution in [0.2, 0.25) is 0 Å². The molecule has 0 atom stereocenters. The van der Waals surface area contributed by atoms with E-state index in [1.807, 2.05) is 65.2 Å². The van der Waals surface area contributed by atoms with Crippen LogP contribution in [-0.4, -0.2) is 62.5 Å². The molecule has 0 saturated carbocycles. The van der Waals surface area contributed by atoms with Gasteiger partial charge in [0.1, 0.15) is 12.2 Å². The fourth-order valence-corrected chi connectivity index (χ4v) is 6.00. The predicted molar refractivity (Wildman–Crippen MR) is 195 cm³/mol. The molecule has 11 heteroatoms. The van der Waals surface area contributed by atoms with Gasteiger partial charge in [0.15, 0.2) is 17.0 Å². The molecule has 49 heavy (non-hydrogen) atoms. The van der Waals surface area contributed by atoms with Gasteiger partial charge in [-0.2, -0.15) is 9.97 Å². The summed E-state index contributed by atoms with van der Waals surface area (Å²) in [5, 5.41) is 6.30. The Morgan fingerprint density at radius 3 is 2.16 bits per heavy atom. The number of hydrogen-bond donors (Lipinski definition) is 2. The standard InChI is InChI=1S/C38H37ClN8O2/c39-23-34(48)41-32-12-7-13-33(22-32)47-27-40-35-36(46(25-28-8-3-1-4-9-28)26-29-10-5-2-6-11-29)43-38(44-37(35)47)42-31-16-14-30(15-17-31)24-45-18-20-49-21-19-45/h1-17,22,27H,18-21,23-26H2,(H,41,48)(H,42,43,44). The molecular formula is C38H37ClN8O2. The molecule has 248 valence electrons. The maximum atomic E-state index is 12.0. The number of fused-ring (bicyclic) bond motifs is 1. The van der Waals surface area contributed by atoms with Gasteiger partial charge in [-0.15, -0.1) is 11.6 Å². The summed E-state index contributed by atoms with van der Waals surface area (Å²) in [5.41, 5.74) is 7.12. The third kappa shape index (κ3) is 8.06. The topological polar surface area (TPSA) is 100 Å². The first-order chi connectivity index (χ1) is 24.1. The summed E-state index contributed by atoms with van der Waals surface area (Å²) >= 11 is 5.76. The number of halogens is 1. The SMILES string of the molecule is O=C(CCl)Nc1cccc(-n2cnc3c(N(Cc4ccccc4)Cc4ccccc4)nc(Nc4ccc(CN5CCOCC5)cc4)nc32)c1. The number of amides is 1. The highest BCUT2D eigenvalue weighted by Crippen LogP contribution is 2.30. The first-order valence-corrected chi connectivity index (χ1v) is 16.8. The van der Waals surface area contributed by atoms with Crippen LogP contribution in [-0.2, 0) is 29.2 Å². The van der Waals surface area contributed by atoms with E-state index < -0.39 is 0 Å². The minimum absolute atomic E-state index is 0.128. The third-order valence-electron chi connectivity index (χ3n) is 8.36. The van der Waals surface area contributed by atoms with Crippen molar-refractivity contribution in [1.29, 1.82) is 0 Å². The van der Waals surface area contributed by atoms with Crippen LogP contribution in [0.15, 0.2) is 116 Å². The number of carbonyl (C=O) groups is 1. The van der Waals surface area contributed by atoms with E-state index in [1.54, 1.807) is 6.33 Å². The van der Waals surface area contributed by atoms with Crippen LogP contribution < -0.4 is 15.5 Å². The lowest BCUT2D eigenvalue weighted by Crippen LogP contribution is -2.35. The van der Waals surface area contributed by atoms with E-state index in [4.69, 9.17) is 31.3 Å². The van der Waals surface area contributed by atoms with E-state index in [1.165, 1.54) is 5.56 Å². The van der Waals surface area contributed by atoms with Gasteiger partial charge in [-0.3, -0.25) is 14.3 Å². The molecule has 3 heterocycles. The van der Waals surface area contributed by atoms with Crippen molar-refractivity contribution in [2.24, 2.45) is 0 Å². The lowest BCUT2D eigenvalue weighted by molar-refractivity contribution is -0.113. The van der Waals surface area contributed by atoms with Gasteiger partial charge in [-0.05, 0) is 47.0 Å². The lowest BCUT2D eigenvalue weighted by Gasteiger charge is -2.26. The molecular weight excluding hydrogens is 636 g/mol. The van der Waals surface area contributed by atoms with Gasteiger partial charge in [0.2, 0.25) is 11.9 Å². The number of nitrogens with one attached hydrogen (secondary N) is 2. The van der Waals surface area contributed by atoms with Gasteiger partial charge in [0.05, 0.1) is 18.9 Å². The summed E-state index contributed by atoms with van der Waals surface area (Å²) in [6, 6.07) is 36.6. The molecule has 0 aliphatic carbocycles. The van der Waals surface area contributed by atoms with Gasteiger partial charge in [-0.25, -0.2) is 4.98 Å². The van der Waals surface area contributed by atoms with Crippen LogP contribution in [0.5, 0.6) is 0 Å². The molecule has 1 aliphatic heterocycles. The largest absolute Gasteiger partial charge is 0.379 e. The average molecular weight is 673 g/mol. The number of aromatic nitrogens is 4. The van der Waals surface area contributed by atoms with E-state index in [9.17, 15) is 4.79 Å². The van der Waals surface area contributed by atoms with Crippen molar-refractivity contribution >= 4 is 51.8 Å². The molecule has 2 aromatic heterocycles. The summed E-state index contributed by atoms with van der Waals surface area (Å²) in [6.45, 7) is 5.54. The number of benzene rings is 4. The van der Waals surface area contributed by atoms with E-state index in [-0.39, 0.29) is 11.8 Å². The third-order valence-corrected chi connectivity index (χ3v) is 8.60. The van der Waals surface area contributed by atoms with Crippen molar-refractivity contribution in [3.63, 3.8) is 0 Å². The molecule has 0 radical (unpaired) electrons. The summed E-state index contributed by atoms with van der Waals surface area (Å²) < 4.78 is 7.42. The zero-order chi connectivity index (χ0) is 33.4. The van der Waals surface area contributed by atoms with Crippen LogP contribution in [0, 0.1) is 0 Å². The molecule has 2 N–H and O–H groups in total. The van der Waals surface area contributed by atoms with Crippen molar-refractivity contribution in [1.82, 2.24) is 24.4 Å². The van der Waals surface area contributed by atoms with Crippen LogP contribution in [0.4, 0.5) is 23.1 Å². The van der Waals surface area contributed by atoms with E-state index in [0.29, 0.717) is 41.7 Å². The summed E-state index contributed by atoms with van der Waals surface area (Å²) in [7, 11) is 0. The number of morpholine rings is 1. The zero-order valence-electron chi connectivity index (χ0n) is 27.0. The number of hydrogen-bond acceptors (Lipinski definition) is 8. The predicted octanol–water partition coefficient (Wildman–Crippen LogP) is 6.78. The monoisotopic (exact) mass is 672 g/mol. The van der Waals surface area contributed by atoms with Crippen LogP contribution in [0.25, 0.3) is 16.9 Å². The lowest BCUT2D eigenvalue weighted by atomic mass is 10.1. The Morgan fingerprint density at radius 2 is 1.49 bits per heavy atom. The minimum atomic E-state index is -0.279. The van der Waals surface area contributed by atoms with Crippen molar-refractivity contribution in [3.05, 3.63) is 132 Å². The summed E-state index contributed by atoms with van der Waals surface area (Å²) in [5.74, 6) is 0.743. The van der Waals surface area contributed by atoms with Crippen LogP contribution in [0.1, 0.15) is 16.7 Å². The number of anilines is 4. The Kier molecular flexibility index (Phi) is 10.1. The van der Waals surface area contributed by atoms with Gasteiger partial charge in [0.25, 0.3) is 0 Å². The highest BCUT2D eigenvalue weighted by molar-refractivity contribution is 6.29. The van der Waals surface area contributed by atoms with Gasteiger partial charge in [0, 0.05) is 44.1 Å². The van der Waals surface area contributed by atoms with E-state index in [0.717, 1.165) is 55.3 Å². The Labute approximate surface area is 290 Å². The molecule has 1 amide bonds. The van der Waals surface area contributed by atoms with Crippen LogP contribution in [0.3, 0.4) is 0 Å². The maximum Gasteiger partial charge on any atom is 0.239 e. The van der Waals surface area contributed by atoms with Gasteiger partial charge >= 0.3 is 0 Å². The zero-order valence-corrected chi connectivity index (χ0v) is 27.8. The number of ether oxygens (including phenoxy) is 1.